The highest BCUT2D eigenvalue weighted by Gasteiger charge is 2.10. The van der Waals surface area contributed by atoms with E-state index in [2.05, 4.69) is 15.2 Å². The van der Waals surface area contributed by atoms with Gasteiger partial charge in [0, 0.05) is 30.6 Å². The summed E-state index contributed by atoms with van der Waals surface area (Å²) in [6.45, 7) is 1.91. The molecule has 2 N–H and O–H groups in total. The molecule has 0 aromatic carbocycles. The standard InChI is InChI=1S/C11H12N4O2/c1-7-3-8(5-15(7)2)9(16)4-10(17)11-12-6-13-14-11/h3-6,16H,1-2H3,(H,12,13,14)/b9-4+. The fourth-order valence-corrected chi connectivity index (χ4v) is 1.41. The number of nitrogens with zero attached hydrogens (tertiary/aromatic N) is 3. The highest BCUT2D eigenvalue weighted by molar-refractivity contribution is 6.05. The van der Waals surface area contributed by atoms with E-state index in [4.69, 9.17) is 0 Å². The van der Waals surface area contributed by atoms with Crippen molar-refractivity contribution in [3.63, 3.8) is 0 Å². The monoisotopic (exact) mass is 232 g/mol. The molecule has 2 heterocycles. The van der Waals surface area contributed by atoms with Gasteiger partial charge in [0.2, 0.25) is 5.78 Å². The third-order valence-corrected chi connectivity index (χ3v) is 2.47. The Bertz CT molecular complexity index is 547. The Kier molecular flexibility index (Phi) is 2.78. The van der Waals surface area contributed by atoms with E-state index in [-0.39, 0.29) is 11.6 Å². The Balaban J connectivity index is 2.25. The van der Waals surface area contributed by atoms with Crippen LogP contribution < -0.4 is 0 Å². The van der Waals surface area contributed by atoms with E-state index in [0.29, 0.717) is 5.56 Å². The molecule has 0 aliphatic rings. The molecule has 6 heteroatoms. The summed E-state index contributed by atoms with van der Waals surface area (Å²) in [7, 11) is 1.87. The number of aromatic amines is 1. The number of aryl methyl sites for hydroxylation is 2. The van der Waals surface area contributed by atoms with Crippen LogP contribution in [0.4, 0.5) is 0 Å². The molecule has 0 aliphatic heterocycles. The molecule has 0 amide bonds. The minimum Gasteiger partial charge on any atom is -0.507 e. The highest BCUT2D eigenvalue weighted by Crippen LogP contribution is 2.14. The van der Waals surface area contributed by atoms with Crippen molar-refractivity contribution in [2.75, 3.05) is 0 Å². The van der Waals surface area contributed by atoms with Crippen LogP contribution >= 0.6 is 0 Å². The van der Waals surface area contributed by atoms with Crippen molar-refractivity contribution >= 4 is 11.5 Å². The van der Waals surface area contributed by atoms with Crippen LogP contribution in [0.15, 0.2) is 24.7 Å². The first-order valence-corrected chi connectivity index (χ1v) is 5.01. The molecule has 0 bridgehead atoms. The number of aliphatic hydroxyl groups is 1. The summed E-state index contributed by atoms with van der Waals surface area (Å²) < 4.78 is 1.86. The predicted molar refractivity (Wildman–Crippen MR) is 61.5 cm³/mol. The van der Waals surface area contributed by atoms with Gasteiger partial charge in [0.05, 0.1) is 0 Å². The van der Waals surface area contributed by atoms with Crippen molar-refractivity contribution in [2.45, 2.75) is 6.92 Å². The summed E-state index contributed by atoms with van der Waals surface area (Å²) in [4.78, 5) is 15.3. The van der Waals surface area contributed by atoms with E-state index >= 15 is 0 Å². The quantitative estimate of drug-likeness (QED) is 0.473. The number of hydrogen-bond donors (Lipinski definition) is 2. The Morgan fingerprint density at radius 3 is 2.88 bits per heavy atom. The van der Waals surface area contributed by atoms with Gasteiger partial charge in [-0.15, -0.1) is 0 Å². The van der Waals surface area contributed by atoms with Gasteiger partial charge in [-0.3, -0.25) is 9.89 Å². The van der Waals surface area contributed by atoms with Crippen LogP contribution in [0.1, 0.15) is 21.9 Å². The van der Waals surface area contributed by atoms with Crippen molar-refractivity contribution < 1.29 is 9.90 Å². The van der Waals surface area contributed by atoms with Crippen molar-refractivity contribution in [3.8, 4) is 0 Å². The topological polar surface area (TPSA) is 83.8 Å². The lowest BCUT2D eigenvalue weighted by molar-refractivity contribution is 0.103. The number of aliphatic hydroxyl groups excluding tert-OH is 1. The largest absolute Gasteiger partial charge is 0.507 e. The van der Waals surface area contributed by atoms with Crippen molar-refractivity contribution in [3.05, 3.63) is 41.7 Å². The highest BCUT2D eigenvalue weighted by atomic mass is 16.3. The summed E-state index contributed by atoms with van der Waals surface area (Å²) in [6, 6.07) is 1.79. The third kappa shape index (κ3) is 2.25. The molecule has 0 aliphatic carbocycles. The van der Waals surface area contributed by atoms with Crippen LogP contribution in [-0.4, -0.2) is 30.6 Å². The van der Waals surface area contributed by atoms with Gasteiger partial charge < -0.3 is 9.67 Å². The molecule has 17 heavy (non-hydrogen) atoms. The van der Waals surface area contributed by atoms with Gasteiger partial charge in [0.25, 0.3) is 0 Å². The Hall–Kier alpha value is -2.37. The number of carbonyl (C=O) groups excluding carboxylic acids is 1. The molecule has 0 radical (unpaired) electrons. The second-order valence-electron chi connectivity index (χ2n) is 3.71. The lowest BCUT2D eigenvalue weighted by Crippen LogP contribution is -1.99. The molecule has 0 unspecified atom stereocenters. The maximum absolute atomic E-state index is 11.6. The number of hydrogen-bond acceptors (Lipinski definition) is 4. The van der Waals surface area contributed by atoms with Crippen LogP contribution in [0.2, 0.25) is 0 Å². The molecule has 0 fully saturated rings. The fraction of sp³-hybridized carbons (Fsp3) is 0.182. The second kappa shape index (κ2) is 4.25. The smallest absolute Gasteiger partial charge is 0.226 e. The van der Waals surface area contributed by atoms with Gasteiger partial charge in [-0.2, -0.15) is 5.10 Å². The molecule has 6 nitrogen and oxygen atoms in total. The van der Waals surface area contributed by atoms with Gasteiger partial charge in [-0.05, 0) is 13.0 Å². The number of rotatable bonds is 3. The van der Waals surface area contributed by atoms with E-state index in [1.165, 1.54) is 6.33 Å². The lowest BCUT2D eigenvalue weighted by Gasteiger charge is -1.94. The molecular weight excluding hydrogens is 220 g/mol. The predicted octanol–water partition coefficient (Wildman–Crippen LogP) is 1.23. The second-order valence-corrected chi connectivity index (χ2v) is 3.71. The number of nitrogens with one attached hydrogen (secondary N) is 1. The zero-order valence-corrected chi connectivity index (χ0v) is 9.51. The maximum atomic E-state index is 11.6. The fourth-order valence-electron chi connectivity index (χ4n) is 1.41. The average Bonchev–Trinajstić information content (AvgIpc) is 2.89. The zero-order chi connectivity index (χ0) is 12.4. The first-order valence-electron chi connectivity index (χ1n) is 5.01. The van der Waals surface area contributed by atoms with Gasteiger partial charge in [-0.25, -0.2) is 4.98 Å². The van der Waals surface area contributed by atoms with Crippen LogP contribution in [0.25, 0.3) is 5.76 Å². The minimum absolute atomic E-state index is 0.0879. The summed E-state index contributed by atoms with van der Waals surface area (Å²) in [5.41, 5.74) is 1.59. The van der Waals surface area contributed by atoms with Crippen LogP contribution in [0, 0.1) is 6.92 Å². The maximum Gasteiger partial charge on any atom is 0.226 e. The number of ketones is 1. The average molecular weight is 232 g/mol. The third-order valence-electron chi connectivity index (χ3n) is 2.47. The first-order chi connectivity index (χ1) is 8.08. The molecule has 2 rings (SSSR count). The van der Waals surface area contributed by atoms with E-state index in [9.17, 15) is 9.90 Å². The Labute approximate surface area is 97.6 Å². The normalized spacial score (nSPS) is 11.8. The zero-order valence-electron chi connectivity index (χ0n) is 9.51. The molecule has 0 atom stereocenters. The first kappa shape index (κ1) is 11.1. The number of carbonyl (C=O) groups is 1. The minimum atomic E-state index is -0.415. The lowest BCUT2D eigenvalue weighted by atomic mass is 10.2. The number of allylic oxidation sites excluding steroid dienone is 1. The summed E-state index contributed by atoms with van der Waals surface area (Å²) in [5.74, 6) is -0.402. The van der Waals surface area contributed by atoms with E-state index < -0.39 is 5.78 Å². The summed E-state index contributed by atoms with van der Waals surface area (Å²) >= 11 is 0. The van der Waals surface area contributed by atoms with Crippen LogP contribution in [-0.2, 0) is 7.05 Å². The van der Waals surface area contributed by atoms with Crippen molar-refractivity contribution in [2.24, 2.45) is 7.05 Å². The van der Waals surface area contributed by atoms with E-state index in [1.807, 2.05) is 18.5 Å². The van der Waals surface area contributed by atoms with E-state index in [1.54, 1.807) is 12.3 Å². The van der Waals surface area contributed by atoms with Gasteiger partial charge in [0.15, 0.2) is 5.82 Å². The summed E-state index contributed by atoms with van der Waals surface area (Å²) in [6.07, 6.45) is 4.11. The SMILES string of the molecule is Cc1cc(/C(O)=C\C(=O)c2ncn[nH]2)cn1C. The summed E-state index contributed by atoms with van der Waals surface area (Å²) in [5, 5.41) is 15.8. The molecule has 0 saturated carbocycles. The number of H-pyrrole nitrogens is 1. The Morgan fingerprint density at radius 1 is 1.59 bits per heavy atom. The van der Waals surface area contributed by atoms with Crippen LogP contribution in [0.5, 0.6) is 0 Å². The molecule has 0 spiro atoms. The molecule has 2 aromatic heterocycles. The van der Waals surface area contributed by atoms with Gasteiger partial charge in [-0.1, -0.05) is 0 Å². The molecule has 2 aromatic rings. The molecular formula is C11H12N4O2. The van der Waals surface area contributed by atoms with Gasteiger partial charge in [0.1, 0.15) is 12.1 Å². The number of aromatic nitrogens is 4. The molecule has 88 valence electrons. The van der Waals surface area contributed by atoms with Crippen LogP contribution in [0.3, 0.4) is 0 Å². The van der Waals surface area contributed by atoms with Gasteiger partial charge >= 0.3 is 0 Å². The molecule has 0 saturated heterocycles. The van der Waals surface area contributed by atoms with Crippen molar-refractivity contribution in [1.82, 2.24) is 19.7 Å². The van der Waals surface area contributed by atoms with E-state index in [0.717, 1.165) is 11.8 Å². The Morgan fingerprint density at radius 2 is 2.35 bits per heavy atom. The van der Waals surface area contributed by atoms with Crippen molar-refractivity contribution in [1.29, 1.82) is 0 Å².